The van der Waals surface area contributed by atoms with Crippen LogP contribution in [0.25, 0.3) is 5.69 Å². The summed E-state index contributed by atoms with van der Waals surface area (Å²) in [7, 11) is 0. The lowest BCUT2D eigenvalue weighted by molar-refractivity contribution is 0.262. The third kappa shape index (κ3) is 5.38. The molecule has 0 aliphatic carbocycles. The van der Waals surface area contributed by atoms with Gasteiger partial charge >= 0.3 is 6.03 Å². The molecule has 9 nitrogen and oxygen atoms in total. The van der Waals surface area contributed by atoms with Crippen molar-refractivity contribution in [1.29, 1.82) is 0 Å². The van der Waals surface area contributed by atoms with Crippen molar-refractivity contribution in [3.63, 3.8) is 0 Å². The van der Waals surface area contributed by atoms with E-state index >= 15 is 0 Å². The van der Waals surface area contributed by atoms with Crippen molar-refractivity contribution in [2.45, 2.75) is 33.1 Å². The second-order valence-corrected chi connectivity index (χ2v) is 9.34. The smallest absolute Gasteiger partial charge is 0.324 e. The van der Waals surface area contributed by atoms with Crippen molar-refractivity contribution < 1.29 is 13.9 Å². The maximum absolute atomic E-state index is 14.8. The van der Waals surface area contributed by atoms with E-state index in [2.05, 4.69) is 20.7 Å². The summed E-state index contributed by atoms with van der Waals surface area (Å²) in [6.45, 7) is 8.09. The fourth-order valence-electron chi connectivity index (χ4n) is 3.34. The van der Waals surface area contributed by atoms with Gasteiger partial charge in [-0.25, -0.2) is 18.9 Å². The topological polar surface area (TPSA) is 133 Å². The minimum Gasteiger partial charge on any atom is -0.455 e. The first kappa shape index (κ1) is 24.5. The molecule has 4 aromatic rings. The van der Waals surface area contributed by atoms with Crippen molar-refractivity contribution in [1.82, 2.24) is 14.8 Å². The molecule has 0 atom stereocenters. The number of amides is 2. The van der Waals surface area contributed by atoms with Gasteiger partial charge in [0.05, 0.1) is 17.1 Å². The van der Waals surface area contributed by atoms with Crippen molar-refractivity contribution in [2.75, 3.05) is 22.1 Å². The number of ether oxygens (including phenoxy) is 1. The van der Waals surface area contributed by atoms with Crippen LogP contribution in [0.1, 0.15) is 32.0 Å². The number of aryl methyl sites for hydroxylation is 1. The highest BCUT2D eigenvalue weighted by atomic mass is 19.1. The van der Waals surface area contributed by atoms with Gasteiger partial charge in [-0.15, -0.1) is 0 Å². The number of nitrogens with zero attached hydrogens (tertiary/aromatic N) is 3. The molecule has 2 heterocycles. The third-order valence-corrected chi connectivity index (χ3v) is 5.40. The number of hydrogen-bond acceptors (Lipinski definition) is 6. The van der Waals surface area contributed by atoms with Gasteiger partial charge in [-0.3, -0.25) is 5.32 Å². The number of carbonyl (C=O) groups excluding carboxylic acids is 1. The highest BCUT2D eigenvalue weighted by Gasteiger charge is 2.22. The zero-order valence-electron chi connectivity index (χ0n) is 20.5. The number of pyridine rings is 1. The van der Waals surface area contributed by atoms with Crippen molar-refractivity contribution >= 4 is 29.0 Å². The molecule has 186 valence electrons. The number of nitrogens with one attached hydrogen (secondary N) is 2. The van der Waals surface area contributed by atoms with Crippen LogP contribution in [0.5, 0.6) is 11.5 Å². The Labute approximate surface area is 208 Å². The van der Waals surface area contributed by atoms with E-state index < -0.39 is 11.8 Å². The number of urea groups is 1. The SMILES string of the molecule is Cc1ccc(-n2nc(C(C)(C)C)cc2NC(=O)Nc2ccc(Oc3ccnc(N)c3N)cc2F)cc1. The number of nitrogen functional groups attached to an aromatic ring is 2. The van der Waals surface area contributed by atoms with Crippen LogP contribution in [0.2, 0.25) is 0 Å². The van der Waals surface area contributed by atoms with Crippen LogP contribution >= 0.6 is 0 Å². The van der Waals surface area contributed by atoms with E-state index in [1.54, 1.807) is 10.7 Å². The lowest BCUT2D eigenvalue weighted by Gasteiger charge is -2.14. The predicted molar refractivity (Wildman–Crippen MR) is 139 cm³/mol. The number of aromatic nitrogens is 3. The molecule has 0 radical (unpaired) electrons. The number of carbonyl (C=O) groups is 1. The van der Waals surface area contributed by atoms with E-state index in [0.29, 0.717) is 5.82 Å². The largest absolute Gasteiger partial charge is 0.455 e. The second kappa shape index (κ2) is 9.57. The van der Waals surface area contributed by atoms with Gasteiger partial charge in [0.2, 0.25) is 0 Å². The summed E-state index contributed by atoms with van der Waals surface area (Å²) in [6.07, 6.45) is 1.43. The maximum Gasteiger partial charge on any atom is 0.324 e. The van der Waals surface area contributed by atoms with Gasteiger partial charge < -0.3 is 21.5 Å². The van der Waals surface area contributed by atoms with Gasteiger partial charge in [0.25, 0.3) is 0 Å². The first-order chi connectivity index (χ1) is 17.0. The molecule has 4 rings (SSSR count). The van der Waals surface area contributed by atoms with Crippen molar-refractivity contribution in [2.24, 2.45) is 0 Å². The number of benzene rings is 2. The number of nitrogens with two attached hydrogens (primary N) is 2. The predicted octanol–water partition coefficient (Wildman–Crippen LogP) is 5.61. The van der Waals surface area contributed by atoms with Gasteiger partial charge in [-0.1, -0.05) is 38.5 Å². The standard InChI is InChI=1S/C26H28FN7O2/c1-15-5-7-16(8-6-15)34-22(14-21(33-34)26(2,3)4)32-25(35)31-19-10-9-17(13-18(19)27)36-20-11-12-30-24(29)23(20)28/h5-14H,28H2,1-4H3,(H2,29,30)(H2,31,32,35). The quantitative estimate of drug-likeness (QED) is 0.288. The molecule has 0 unspecified atom stereocenters. The van der Waals surface area contributed by atoms with Crippen LogP contribution in [0.15, 0.2) is 60.8 Å². The van der Waals surface area contributed by atoms with Gasteiger partial charge in [0.1, 0.15) is 28.9 Å². The monoisotopic (exact) mass is 489 g/mol. The summed E-state index contributed by atoms with van der Waals surface area (Å²) in [5, 5.41) is 9.99. The fourth-order valence-corrected chi connectivity index (χ4v) is 3.34. The summed E-state index contributed by atoms with van der Waals surface area (Å²) in [6, 6.07) is 14.5. The molecular formula is C26H28FN7O2. The minimum atomic E-state index is -0.689. The molecule has 2 amide bonds. The summed E-state index contributed by atoms with van der Waals surface area (Å²) in [4.78, 5) is 16.7. The lowest BCUT2D eigenvalue weighted by atomic mass is 9.92. The van der Waals surface area contributed by atoms with Crippen LogP contribution in [0.4, 0.5) is 32.2 Å². The molecule has 10 heteroatoms. The summed E-state index contributed by atoms with van der Waals surface area (Å²) in [5.41, 5.74) is 14.1. The Morgan fingerprint density at radius 2 is 1.75 bits per heavy atom. The van der Waals surface area contributed by atoms with Crippen molar-refractivity contribution in [3.8, 4) is 17.2 Å². The van der Waals surface area contributed by atoms with Gasteiger partial charge in [-0.2, -0.15) is 5.10 Å². The molecule has 0 saturated carbocycles. The molecule has 0 bridgehead atoms. The Morgan fingerprint density at radius 1 is 1.03 bits per heavy atom. The zero-order chi connectivity index (χ0) is 26.0. The number of hydrogen-bond donors (Lipinski definition) is 4. The van der Waals surface area contributed by atoms with Crippen LogP contribution < -0.4 is 26.8 Å². The van der Waals surface area contributed by atoms with E-state index in [1.807, 2.05) is 52.0 Å². The highest BCUT2D eigenvalue weighted by molar-refractivity contribution is 5.99. The molecule has 0 aliphatic rings. The average molecular weight is 490 g/mol. The lowest BCUT2D eigenvalue weighted by Crippen LogP contribution is -2.22. The number of anilines is 4. The highest BCUT2D eigenvalue weighted by Crippen LogP contribution is 2.32. The minimum absolute atomic E-state index is 0.0282. The van der Waals surface area contributed by atoms with E-state index in [4.69, 9.17) is 16.2 Å². The average Bonchev–Trinajstić information content (AvgIpc) is 3.23. The van der Waals surface area contributed by atoms with Crippen LogP contribution in [0.3, 0.4) is 0 Å². The maximum atomic E-state index is 14.8. The number of rotatable bonds is 5. The molecular weight excluding hydrogens is 461 g/mol. The van der Waals surface area contributed by atoms with Gasteiger partial charge in [0.15, 0.2) is 5.75 Å². The molecule has 0 spiro atoms. The molecule has 36 heavy (non-hydrogen) atoms. The first-order valence-electron chi connectivity index (χ1n) is 11.2. The van der Waals surface area contributed by atoms with Crippen LogP contribution in [-0.2, 0) is 5.41 Å². The van der Waals surface area contributed by atoms with E-state index in [-0.39, 0.29) is 34.1 Å². The third-order valence-electron chi connectivity index (χ3n) is 5.40. The Balaban J connectivity index is 1.53. The Hall–Kier alpha value is -4.60. The van der Waals surface area contributed by atoms with Crippen molar-refractivity contribution in [3.05, 3.63) is 77.9 Å². The number of halogens is 1. The molecule has 0 fully saturated rings. The molecule has 0 aliphatic heterocycles. The first-order valence-corrected chi connectivity index (χ1v) is 11.2. The van der Waals surface area contributed by atoms with Gasteiger partial charge in [-0.05, 0) is 31.2 Å². The Bertz CT molecular complexity index is 1410. The molecule has 6 N–H and O–H groups in total. The normalized spacial score (nSPS) is 11.2. The van der Waals surface area contributed by atoms with Crippen LogP contribution in [-0.4, -0.2) is 20.8 Å². The summed E-state index contributed by atoms with van der Waals surface area (Å²) < 4.78 is 22.0. The van der Waals surface area contributed by atoms with E-state index in [1.165, 1.54) is 24.4 Å². The Morgan fingerprint density at radius 3 is 2.42 bits per heavy atom. The van der Waals surface area contributed by atoms with E-state index in [0.717, 1.165) is 23.0 Å². The van der Waals surface area contributed by atoms with E-state index in [9.17, 15) is 9.18 Å². The van der Waals surface area contributed by atoms with Crippen LogP contribution in [0, 0.1) is 12.7 Å². The second-order valence-electron chi connectivity index (χ2n) is 9.34. The van der Waals surface area contributed by atoms with Gasteiger partial charge in [0, 0.05) is 29.8 Å². The molecule has 0 saturated heterocycles. The fraction of sp³-hybridized carbons (Fsp3) is 0.192. The Kier molecular flexibility index (Phi) is 6.52. The molecule has 2 aromatic heterocycles. The zero-order valence-corrected chi connectivity index (χ0v) is 20.5. The summed E-state index contributed by atoms with van der Waals surface area (Å²) >= 11 is 0. The molecule has 2 aromatic carbocycles. The summed E-state index contributed by atoms with van der Waals surface area (Å²) in [5.74, 6) is 0.308.